The first kappa shape index (κ1) is 17.2. The number of nitrogens with zero attached hydrogens (tertiary/aromatic N) is 3. The summed E-state index contributed by atoms with van der Waals surface area (Å²) in [6.45, 7) is 7.63. The van der Waals surface area contributed by atoms with Crippen LogP contribution in [0, 0.1) is 12.8 Å². The number of aromatic nitrogens is 2. The molecule has 1 aliphatic heterocycles. The third-order valence-corrected chi connectivity index (χ3v) is 4.55. The third-order valence-electron chi connectivity index (χ3n) is 4.55. The van der Waals surface area contributed by atoms with Crippen molar-refractivity contribution >= 4 is 17.5 Å². The highest BCUT2D eigenvalue weighted by Gasteiger charge is 2.22. The van der Waals surface area contributed by atoms with Crippen LogP contribution in [0.4, 0.5) is 5.69 Å². The van der Waals surface area contributed by atoms with E-state index in [1.54, 1.807) is 24.2 Å². The van der Waals surface area contributed by atoms with Crippen LogP contribution >= 0.6 is 0 Å². The predicted octanol–water partition coefficient (Wildman–Crippen LogP) is 2.73. The van der Waals surface area contributed by atoms with Gasteiger partial charge in [0, 0.05) is 37.1 Å². The van der Waals surface area contributed by atoms with Gasteiger partial charge in [-0.05, 0) is 37.0 Å². The number of carbonyl (C=O) groups is 2. The number of likely N-dealkylation sites (N-methyl/N-ethyl adjacent to an activating group) is 1. The van der Waals surface area contributed by atoms with Crippen LogP contribution in [0.15, 0.2) is 24.4 Å². The number of hydrogen-bond acceptors (Lipinski definition) is 3. The number of hydrogen-bond donors (Lipinski definition) is 1. The van der Waals surface area contributed by atoms with Crippen LogP contribution in [0.2, 0.25) is 0 Å². The first-order valence-electron chi connectivity index (χ1n) is 8.59. The monoisotopic (exact) mass is 340 g/mol. The molecule has 1 aliphatic rings. The minimum atomic E-state index is -0.205. The number of carbonyl (C=O) groups excluding carboxylic acids is 2. The van der Waals surface area contributed by atoms with Crippen molar-refractivity contribution in [3.8, 4) is 0 Å². The van der Waals surface area contributed by atoms with E-state index < -0.39 is 0 Å². The van der Waals surface area contributed by atoms with E-state index in [2.05, 4.69) is 24.3 Å². The molecule has 0 saturated heterocycles. The molecule has 1 aromatic carbocycles. The number of amides is 2. The smallest absolute Gasteiger partial charge is 0.259 e. The van der Waals surface area contributed by atoms with Gasteiger partial charge in [0.25, 0.3) is 11.8 Å². The van der Waals surface area contributed by atoms with Gasteiger partial charge in [-0.25, -0.2) is 0 Å². The highest BCUT2D eigenvalue weighted by Crippen LogP contribution is 2.22. The van der Waals surface area contributed by atoms with Crippen LogP contribution < -0.4 is 5.32 Å². The Morgan fingerprint density at radius 3 is 2.84 bits per heavy atom. The van der Waals surface area contributed by atoms with E-state index in [1.807, 2.05) is 23.7 Å². The summed E-state index contributed by atoms with van der Waals surface area (Å²) in [6, 6.07) is 5.53. The Kier molecular flexibility index (Phi) is 4.61. The van der Waals surface area contributed by atoms with Crippen LogP contribution in [0.5, 0.6) is 0 Å². The standard InChI is InChI=1S/C19H24N4O2/c1-12(2)11-23-13(3)17(10-20-23)18(24)21-15-6-5-14-7-8-22(4)19(25)16(14)9-15/h5-6,9-10,12H,7-8,11H2,1-4H3,(H,21,24). The van der Waals surface area contributed by atoms with E-state index in [9.17, 15) is 9.59 Å². The van der Waals surface area contributed by atoms with E-state index in [4.69, 9.17) is 0 Å². The summed E-state index contributed by atoms with van der Waals surface area (Å²) < 4.78 is 1.85. The zero-order chi connectivity index (χ0) is 18.1. The fraction of sp³-hybridized carbons (Fsp3) is 0.421. The summed E-state index contributed by atoms with van der Waals surface area (Å²) >= 11 is 0. The van der Waals surface area contributed by atoms with E-state index in [1.165, 1.54) is 0 Å². The SMILES string of the molecule is Cc1c(C(=O)Nc2ccc3c(c2)C(=O)N(C)CC3)cnn1CC(C)C. The average molecular weight is 340 g/mol. The number of benzene rings is 1. The van der Waals surface area contributed by atoms with Gasteiger partial charge in [0.2, 0.25) is 0 Å². The van der Waals surface area contributed by atoms with Crippen molar-refractivity contribution in [1.82, 2.24) is 14.7 Å². The number of nitrogens with one attached hydrogen (secondary N) is 1. The Morgan fingerprint density at radius 1 is 1.36 bits per heavy atom. The van der Waals surface area contributed by atoms with Gasteiger partial charge < -0.3 is 10.2 Å². The molecule has 0 unspecified atom stereocenters. The Morgan fingerprint density at radius 2 is 2.12 bits per heavy atom. The summed E-state index contributed by atoms with van der Waals surface area (Å²) in [5.41, 5.74) is 3.73. The van der Waals surface area contributed by atoms with Gasteiger partial charge in [-0.3, -0.25) is 14.3 Å². The normalized spacial score (nSPS) is 14.0. The molecule has 2 amide bonds. The molecule has 0 saturated carbocycles. The van der Waals surface area contributed by atoms with Gasteiger partial charge >= 0.3 is 0 Å². The van der Waals surface area contributed by atoms with Crippen LogP contribution in [0.25, 0.3) is 0 Å². The zero-order valence-electron chi connectivity index (χ0n) is 15.2. The van der Waals surface area contributed by atoms with Gasteiger partial charge in [0.1, 0.15) is 0 Å². The molecule has 25 heavy (non-hydrogen) atoms. The number of rotatable bonds is 4. The van der Waals surface area contributed by atoms with Crippen LogP contribution in [-0.2, 0) is 13.0 Å². The predicted molar refractivity (Wildman–Crippen MR) is 96.9 cm³/mol. The third kappa shape index (κ3) is 3.43. The molecule has 6 nitrogen and oxygen atoms in total. The molecular formula is C19H24N4O2. The van der Waals surface area contributed by atoms with Crippen molar-refractivity contribution in [2.45, 2.75) is 33.7 Å². The summed E-state index contributed by atoms with van der Waals surface area (Å²) in [6.07, 6.45) is 2.44. The second-order valence-electron chi connectivity index (χ2n) is 7.02. The second kappa shape index (κ2) is 6.70. The first-order chi connectivity index (χ1) is 11.9. The topological polar surface area (TPSA) is 67.2 Å². The molecule has 1 N–H and O–H groups in total. The summed E-state index contributed by atoms with van der Waals surface area (Å²) in [4.78, 5) is 26.6. The zero-order valence-corrected chi connectivity index (χ0v) is 15.2. The average Bonchev–Trinajstić information content (AvgIpc) is 2.92. The molecule has 2 aromatic rings. The number of fused-ring (bicyclic) bond motifs is 1. The Labute approximate surface area is 147 Å². The quantitative estimate of drug-likeness (QED) is 0.930. The number of anilines is 1. The minimum absolute atomic E-state index is 0.00159. The summed E-state index contributed by atoms with van der Waals surface area (Å²) in [5.74, 6) is 0.250. The van der Waals surface area contributed by atoms with E-state index in [0.29, 0.717) is 22.7 Å². The Bertz CT molecular complexity index is 823. The molecule has 0 spiro atoms. The molecule has 2 heterocycles. The van der Waals surface area contributed by atoms with E-state index in [-0.39, 0.29) is 11.8 Å². The molecule has 0 bridgehead atoms. The lowest BCUT2D eigenvalue weighted by molar-refractivity contribution is 0.0780. The van der Waals surface area contributed by atoms with E-state index >= 15 is 0 Å². The van der Waals surface area contributed by atoms with Crippen LogP contribution in [0.3, 0.4) is 0 Å². The molecular weight excluding hydrogens is 316 g/mol. The van der Waals surface area contributed by atoms with E-state index in [0.717, 1.165) is 30.8 Å². The van der Waals surface area contributed by atoms with Gasteiger partial charge in [0.05, 0.1) is 11.8 Å². The summed E-state index contributed by atoms with van der Waals surface area (Å²) in [7, 11) is 1.79. The lowest BCUT2D eigenvalue weighted by Gasteiger charge is -2.25. The van der Waals surface area contributed by atoms with Crippen molar-refractivity contribution in [1.29, 1.82) is 0 Å². The highest BCUT2D eigenvalue weighted by molar-refractivity contribution is 6.06. The fourth-order valence-corrected chi connectivity index (χ4v) is 3.06. The van der Waals surface area contributed by atoms with Gasteiger partial charge in [0.15, 0.2) is 0 Å². The van der Waals surface area contributed by atoms with Crippen molar-refractivity contribution in [2.75, 3.05) is 18.9 Å². The largest absolute Gasteiger partial charge is 0.341 e. The van der Waals surface area contributed by atoms with Crippen molar-refractivity contribution in [3.63, 3.8) is 0 Å². The molecule has 3 rings (SSSR count). The van der Waals surface area contributed by atoms with Gasteiger partial charge in [-0.2, -0.15) is 5.10 Å². The molecule has 1 aromatic heterocycles. The van der Waals surface area contributed by atoms with Crippen molar-refractivity contribution in [2.24, 2.45) is 5.92 Å². The fourth-order valence-electron chi connectivity index (χ4n) is 3.06. The van der Waals surface area contributed by atoms with Crippen LogP contribution in [0.1, 0.15) is 45.8 Å². The van der Waals surface area contributed by atoms with Gasteiger partial charge in [-0.15, -0.1) is 0 Å². The summed E-state index contributed by atoms with van der Waals surface area (Å²) in [5, 5.41) is 7.19. The van der Waals surface area contributed by atoms with Gasteiger partial charge in [-0.1, -0.05) is 19.9 Å². The molecule has 132 valence electrons. The highest BCUT2D eigenvalue weighted by atomic mass is 16.2. The van der Waals surface area contributed by atoms with Crippen molar-refractivity contribution in [3.05, 3.63) is 46.8 Å². The Balaban J connectivity index is 1.80. The Hall–Kier alpha value is -2.63. The molecule has 0 fully saturated rings. The molecule has 0 radical (unpaired) electrons. The maximum absolute atomic E-state index is 12.6. The van der Waals surface area contributed by atoms with Crippen molar-refractivity contribution < 1.29 is 9.59 Å². The minimum Gasteiger partial charge on any atom is -0.341 e. The maximum Gasteiger partial charge on any atom is 0.259 e. The molecule has 0 aliphatic carbocycles. The maximum atomic E-state index is 12.6. The lowest BCUT2D eigenvalue weighted by Crippen LogP contribution is -2.34. The lowest BCUT2D eigenvalue weighted by atomic mass is 9.98. The second-order valence-corrected chi connectivity index (χ2v) is 7.02. The first-order valence-corrected chi connectivity index (χ1v) is 8.59. The molecule has 6 heteroatoms. The van der Waals surface area contributed by atoms with Crippen LogP contribution in [-0.4, -0.2) is 40.1 Å². The molecule has 0 atom stereocenters.